The minimum atomic E-state index is -0.974. The van der Waals surface area contributed by atoms with Gasteiger partial charge in [0.1, 0.15) is 29.6 Å². The third-order valence-electron chi connectivity index (χ3n) is 6.65. The van der Waals surface area contributed by atoms with Gasteiger partial charge in [0.25, 0.3) is 11.7 Å². The molecule has 196 valence electrons. The molecule has 0 aliphatic carbocycles. The fourth-order valence-electron chi connectivity index (χ4n) is 4.72. The van der Waals surface area contributed by atoms with Crippen LogP contribution in [0.2, 0.25) is 0 Å². The third-order valence-corrected chi connectivity index (χ3v) is 6.65. The zero-order valence-corrected chi connectivity index (χ0v) is 21.5. The topological polar surface area (TPSA) is 96.3 Å². The number of anilines is 1. The van der Waals surface area contributed by atoms with Crippen molar-refractivity contribution in [3.8, 4) is 17.2 Å². The summed E-state index contributed by atoms with van der Waals surface area (Å²) in [4.78, 5) is 28.1. The number of aliphatic hydroxyl groups excluding tert-OH is 1. The lowest BCUT2D eigenvalue weighted by atomic mass is 9.94. The average Bonchev–Trinajstić information content (AvgIpc) is 3.22. The van der Waals surface area contributed by atoms with Crippen LogP contribution in [0.15, 0.2) is 103 Å². The van der Waals surface area contributed by atoms with Crippen LogP contribution >= 0.6 is 0 Å². The molecular weight excluding hydrogens is 494 g/mol. The highest BCUT2D eigenvalue weighted by Gasteiger charge is 2.47. The number of hydrogen-bond acceptors (Lipinski definition) is 6. The molecule has 7 nitrogen and oxygen atoms in total. The van der Waals surface area contributed by atoms with Gasteiger partial charge >= 0.3 is 0 Å². The largest absolute Gasteiger partial charge is 0.508 e. The molecule has 1 fully saturated rings. The molecule has 0 aromatic heterocycles. The molecule has 1 saturated heterocycles. The van der Waals surface area contributed by atoms with Gasteiger partial charge in [-0.25, -0.2) is 0 Å². The van der Waals surface area contributed by atoms with E-state index in [0.29, 0.717) is 34.9 Å². The monoisotopic (exact) mass is 521 g/mol. The number of aliphatic hydroxyl groups is 1. The van der Waals surface area contributed by atoms with Crippen LogP contribution in [0.4, 0.5) is 5.69 Å². The third kappa shape index (κ3) is 5.07. The Hall–Kier alpha value is -5.04. The summed E-state index contributed by atoms with van der Waals surface area (Å²) >= 11 is 0. The quantitative estimate of drug-likeness (QED) is 0.178. The number of benzene rings is 4. The molecule has 0 radical (unpaired) electrons. The molecule has 0 saturated carbocycles. The molecule has 1 aliphatic heterocycles. The minimum Gasteiger partial charge on any atom is -0.508 e. The number of hydrogen-bond donors (Lipinski definition) is 2. The smallest absolute Gasteiger partial charge is 0.300 e. The van der Waals surface area contributed by atoms with E-state index in [1.54, 1.807) is 54.6 Å². The number of carbonyl (C=O) groups excluding carboxylic acids is 2. The zero-order valence-electron chi connectivity index (χ0n) is 21.5. The second-order valence-corrected chi connectivity index (χ2v) is 9.22. The summed E-state index contributed by atoms with van der Waals surface area (Å²) in [5.41, 5.74) is 2.96. The van der Waals surface area contributed by atoms with Crippen LogP contribution in [0, 0.1) is 6.92 Å². The van der Waals surface area contributed by atoms with E-state index in [2.05, 4.69) is 0 Å². The Morgan fingerprint density at radius 3 is 2.38 bits per heavy atom. The maximum atomic E-state index is 13.4. The lowest BCUT2D eigenvalue weighted by Gasteiger charge is -2.26. The van der Waals surface area contributed by atoms with Crippen molar-refractivity contribution in [2.24, 2.45) is 0 Å². The average molecular weight is 522 g/mol. The number of methoxy groups -OCH3 is 1. The normalized spacial score (nSPS) is 16.4. The molecule has 1 heterocycles. The highest BCUT2D eigenvalue weighted by atomic mass is 16.5. The fraction of sp³-hybridized carbons (Fsp3) is 0.125. The Bertz CT molecular complexity index is 1580. The van der Waals surface area contributed by atoms with Crippen molar-refractivity contribution in [3.63, 3.8) is 0 Å². The summed E-state index contributed by atoms with van der Waals surface area (Å²) in [6.07, 6.45) is 0. The van der Waals surface area contributed by atoms with Crippen LogP contribution in [-0.4, -0.2) is 29.0 Å². The van der Waals surface area contributed by atoms with E-state index in [1.807, 2.05) is 37.3 Å². The standard InChI is InChI=1S/C32H27NO6/c1-20-16-23(14-15-27(20)39-19-21-8-4-3-5-9-21)30(35)28-29(22-10-6-12-25(34)17-22)33(32(37)31(28)36)24-11-7-13-26(18-24)38-2/h3-18,29,34-35H,19H2,1-2H3/b30-28+. The van der Waals surface area contributed by atoms with Gasteiger partial charge in [-0.2, -0.15) is 0 Å². The number of phenolic OH excluding ortho intramolecular Hbond substituents is 1. The van der Waals surface area contributed by atoms with Crippen LogP contribution < -0.4 is 14.4 Å². The first-order valence-electron chi connectivity index (χ1n) is 12.4. The first-order valence-corrected chi connectivity index (χ1v) is 12.4. The van der Waals surface area contributed by atoms with Crippen molar-refractivity contribution in [2.45, 2.75) is 19.6 Å². The Kier molecular flexibility index (Phi) is 7.06. The predicted octanol–water partition coefficient (Wildman–Crippen LogP) is 5.91. The summed E-state index contributed by atoms with van der Waals surface area (Å²) in [5, 5.41) is 21.6. The minimum absolute atomic E-state index is 0.0282. The SMILES string of the molecule is COc1cccc(N2C(=O)C(=O)/C(=C(/O)c3ccc(OCc4ccccc4)c(C)c3)C2c2cccc(O)c2)c1. The number of amides is 1. The number of ketones is 1. The Morgan fingerprint density at radius 2 is 1.67 bits per heavy atom. The molecule has 39 heavy (non-hydrogen) atoms. The summed E-state index contributed by atoms with van der Waals surface area (Å²) < 4.78 is 11.3. The van der Waals surface area contributed by atoms with Gasteiger partial charge in [0, 0.05) is 17.3 Å². The van der Waals surface area contributed by atoms with Gasteiger partial charge in [-0.3, -0.25) is 14.5 Å². The van der Waals surface area contributed by atoms with Crippen LogP contribution in [0.3, 0.4) is 0 Å². The number of Topliss-reactive ketones (excluding diaryl/α,β-unsaturated/α-hetero) is 1. The highest BCUT2D eigenvalue weighted by Crippen LogP contribution is 2.43. The van der Waals surface area contributed by atoms with Gasteiger partial charge in [-0.05, 0) is 66.1 Å². The molecule has 2 N–H and O–H groups in total. The number of aromatic hydroxyl groups is 1. The van der Waals surface area contributed by atoms with Gasteiger partial charge in [0.2, 0.25) is 0 Å². The molecule has 0 spiro atoms. The van der Waals surface area contributed by atoms with E-state index in [1.165, 1.54) is 24.1 Å². The highest BCUT2D eigenvalue weighted by molar-refractivity contribution is 6.51. The molecule has 1 unspecified atom stereocenters. The van der Waals surface area contributed by atoms with Gasteiger partial charge < -0.3 is 19.7 Å². The van der Waals surface area contributed by atoms with Crippen LogP contribution in [0.5, 0.6) is 17.2 Å². The molecule has 1 atom stereocenters. The number of aryl methyl sites for hydroxylation is 1. The molecule has 4 aromatic rings. The molecule has 4 aromatic carbocycles. The fourth-order valence-corrected chi connectivity index (χ4v) is 4.72. The van der Waals surface area contributed by atoms with Crippen molar-refractivity contribution in [1.29, 1.82) is 0 Å². The van der Waals surface area contributed by atoms with Gasteiger partial charge in [0.15, 0.2) is 0 Å². The molecule has 5 rings (SSSR count). The second-order valence-electron chi connectivity index (χ2n) is 9.22. The Morgan fingerprint density at radius 1 is 0.897 bits per heavy atom. The maximum Gasteiger partial charge on any atom is 0.300 e. The first kappa shape index (κ1) is 25.6. The molecular formula is C32H27NO6. The molecule has 7 heteroatoms. The summed E-state index contributed by atoms with van der Waals surface area (Å²) in [5.74, 6) is -0.824. The van der Waals surface area contributed by atoms with Crippen molar-refractivity contribution in [1.82, 2.24) is 0 Å². The number of ether oxygens (including phenoxy) is 2. The van der Waals surface area contributed by atoms with E-state index < -0.39 is 17.7 Å². The Labute approximate surface area is 226 Å². The summed E-state index contributed by atoms with van der Waals surface area (Å²) in [6.45, 7) is 2.23. The zero-order chi connectivity index (χ0) is 27.5. The van der Waals surface area contributed by atoms with E-state index in [-0.39, 0.29) is 17.1 Å². The molecule has 0 bridgehead atoms. The van der Waals surface area contributed by atoms with Crippen LogP contribution in [-0.2, 0) is 16.2 Å². The molecule has 1 aliphatic rings. The maximum absolute atomic E-state index is 13.4. The lowest BCUT2D eigenvalue weighted by molar-refractivity contribution is -0.132. The van der Waals surface area contributed by atoms with Gasteiger partial charge in [0.05, 0.1) is 18.7 Å². The number of phenols is 1. The number of nitrogens with zero attached hydrogens (tertiary/aromatic N) is 1. The first-order chi connectivity index (χ1) is 18.9. The number of carbonyl (C=O) groups is 2. The summed E-state index contributed by atoms with van der Waals surface area (Å²) in [7, 11) is 1.51. The lowest BCUT2D eigenvalue weighted by Crippen LogP contribution is -2.29. The second kappa shape index (κ2) is 10.8. The Balaban J connectivity index is 1.57. The van der Waals surface area contributed by atoms with Crippen LogP contribution in [0.25, 0.3) is 5.76 Å². The van der Waals surface area contributed by atoms with Gasteiger partial charge in [-0.1, -0.05) is 48.5 Å². The number of rotatable bonds is 7. The summed E-state index contributed by atoms with van der Waals surface area (Å²) in [6, 6.07) is 27.0. The van der Waals surface area contributed by atoms with Gasteiger partial charge in [-0.15, -0.1) is 0 Å². The predicted molar refractivity (Wildman–Crippen MR) is 148 cm³/mol. The van der Waals surface area contributed by atoms with E-state index >= 15 is 0 Å². The van der Waals surface area contributed by atoms with Crippen molar-refractivity contribution >= 4 is 23.1 Å². The van der Waals surface area contributed by atoms with Crippen molar-refractivity contribution in [3.05, 3.63) is 125 Å². The van der Waals surface area contributed by atoms with Crippen LogP contribution in [0.1, 0.15) is 28.3 Å². The van der Waals surface area contributed by atoms with E-state index in [9.17, 15) is 19.8 Å². The van der Waals surface area contributed by atoms with E-state index in [0.717, 1.165) is 11.1 Å². The molecule has 1 amide bonds. The van der Waals surface area contributed by atoms with E-state index in [4.69, 9.17) is 9.47 Å². The van der Waals surface area contributed by atoms with Crippen molar-refractivity contribution in [2.75, 3.05) is 12.0 Å². The van der Waals surface area contributed by atoms with Crippen molar-refractivity contribution < 1.29 is 29.3 Å².